The Morgan fingerprint density at radius 3 is 2.42 bits per heavy atom. The van der Waals surface area contributed by atoms with E-state index in [1.165, 1.54) is 11.1 Å². The second-order valence-corrected chi connectivity index (χ2v) is 7.99. The van der Waals surface area contributed by atoms with E-state index in [2.05, 4.69) is 106 Å². The van der Waals surface area contributed by atoms with Crippen molar-refractivity contribution in [3.63, 3.8) is 0 Å². The first-order valence-corrected chi connectivity index (χ1v) is 13.6. The number of hydrogen-bond donors (Lipinski definition) is 0. The molecule has 1 atom stereocenters. The third kappa shape index (κ3) is 15.1. The quantitative estimate of drug-likeness (QED) is 0.168. The summed E-state index contributed by atoms with van der Waals surface area (Å²) in [6.45, 7) is 26.7. The molecule has 0 N–H and O–H groups in total. The van der Waals surface area contributed by atoms with Crippen molar-refractivity contribution in [1.29, 1.82) is 0 Å². The van der Waals surface area contributed by atoms with Crippen molar-refractivity contribution in [2.75, 3.05) is 0 Å². The predicted molar refractivity (Wildman–Crippen MR) is 167 cm³/mol. The van der Waals surface area contributed by atoms with Crippen LogP contribution in [0, 0.1) is 5.92 Å². The van der Waals surface area contributed by atoms with Gasteiger partial charge in [-0.3, -0.25) is 0 Å². The fourth-order valence-corrected chi connectivity index (χ4v) is 3.52. The van der Waals surface area contributed by atoms with E-state index in [9.17, 15) is 0 Å². The summed E-state index contributed by atoms with van der Waals surface area (Å²) >= 11 is 0. The maximum Gasteiger partial charge on any atom is 0.0621 e. The first-order chi connectivity index (χ1) is 17.4. The maximum absolute atomic E-state index is 4.37. The average Bonchev–Trinajstić information content (AvgIpc) is 2.88. The van der Waals surface area contributed by atoms with E-state index in [0.717, 1.165) is 42.8 Å². The number of nitrogens with zero attached hydrogens (tertiary/aromatic N) is 1. The average molecular weight is 488 g/mol. The molecule has 0 aromatic heterocycles. The maximum atomic E-state index is 4.37. The summed E-state index contributed by atoms with van der Waals surface area (Å²) in [7, 11) is 0. The molecule has 1 nitrogen and oxygen atoms in total. The molecule has 0 aromatic carbocycles. The minimum Gasteiger partial charge on any atom is -0.312 e. The molecule has 198 valence electrons. The first-order valence-electron chi connectivity index (χ1n) is 13.6. The Morgan fingerprint density at radius 2 is 1.81 bits per heavy atom. The van der Waals surface area contributed by atoms with Gasteiger partial charge in [-0.25, -0.2) is 0 Å². The van der Waals surface area contributed by atoms with E-state index in [1.807, 2.05) is 58.9 Å². The van der Waals surface area contributed by atoms with Gasteiger partial charge in [-0.1, -0.05) is 106 Å². The summed E-state index contributed by atoms with van der Waals surface area (Å²) in [5.41, 5.74) is 9.14. The molecule has 1 unspecified atom stereocenters. The second-order valence-electron chi connectivity index (χ2n) is 7.99. The van der Waals surface area contributed by atoms with Crippen LogP contribution in [0.2, 0.25) is 0 Å². The van der Waals surface area contributed by atoms with Crippen molar-refractivity contribution >= 4 is 0 Å². The van der Waals surface area contributed by atoms with Crippen LogP contribution in [0.15, 0.2) is 126 Å². The zero-order valence-corrected chi connectivity index (χ0v) is 24.8. The van der Waals surface area contributed by atoms with Gasteiger partial charge in [0.05, 0.1) is 5.70 Å². The highest BCUT2D eigenvalue weighted by Gasteiger charge is 2.12. The van der Waals surface area contributed by atoms with Gasteiger partial charge in [0.1, 0.15) is 0 Å². The van der Waals surface area contributed by atoms with Gasteiger partial charge in [0.2, 0.25) is 0 Å². The monoisotopic (exact) mass is 487 g/mol. The molecular formula is C35H53N. The van der Waals surface area contributed by atoms with Gasteiger partial charge in [0.25, 0.3) is 0 Å². The molecule has 0 saturated heterocycles. The Morgan fingerprint density at radius 1 is 1.11 bits per heavy atom. The van der Waals surface area contributed by atoms with Crippen LogP contribution in [-0.2, 0) is 0 Å². The van der Waals surface area contributed by atoms with Crippen LogP contribution < -0.4 is 0 Å². The van der Waals surface area contributed by atoms with Gasteiger partial charge in [0, 0.05) is 17.3 Å². The van der Waals surface area contributed by atoms with E-state index < -0.39 is 0 Å². The van der Waals surface area contributed by atoms with Gasteiger partial charge in [0.15, 0.2) is 0 Å². The number of allylic oxidation sites excluding steroid dienone is 16. The van der Waals surface area contributed by atoms with Gasteiger partial charge < -0.3 is 4.90 Å². The fraction of sp³-hybridized carbons (Fsp3) is 0.400. The molecular weight excluding hydrogens is 434 g/mol. The summed E-state index contributed by atoms with van der Waals surface area (Å²) in [4.78, 5) is 2.14. The lowest BCUT2D eigenvalue weighted by Crippen LogP contribution is -2.17. The van der Waals surface area contributed by atoms with Crippen molar-refractivity contribution in [2.45, 2.75) is 88.0 Å². The van der Waals surface area contributed by atoms with Crippen LogP contribution in [0.25, 0.3) is 0 Å². The topological polar surface area (TPSA) is 3.24 Å². The zero-order valence-electron chi connectivity index (χ0n) is 24.8. The molecule has 1 aliphatic rings. The molecule has 0 spiro atoms. The van der Waals surface area contributed by atoms with Crippen LogP contribution in [0.4, 0.5) is 0 Å². The molecule has 1 aliphatic carbocycles. The van der Waals surface area contributed by atoms with E-state index in [-0.39, 0.29) is 0 Å². The van der Waals surface area contributed by atoms with Crippen LogP contribution in [0.1, 0.15) is 88.0 Å². The lowest BCUT2D eigenvalue weighted by Gasteiger charge is -2.25. The second kappa shape index (κ2) is 23.7. The van der Waals surface area contributed by atoms with E-state index >= 15 is 0 Å². The zero-order chi connectivity index (χ0) is 27.8. The molecule has 0 fully saturated rings. The van der Waals surface area contributed by atoms with E-state index in [1.54, 1.807) is 0 Å². The molecule has 0 amide bonds. The Balaban J connectivity index is 0. The lowest BCUT2D eigenvalue weighted by molar-refractivity contribution is 0.548. The Kier molecular flexibility index (Phi) is 23.1. The Hall–Kier alpha value is -3.02. The molecule has 0 aromatic rings. The van der Waals surface area contributed by atoms with Crippen molar-refractivity contribution in [3.05, 3.63) is 126 Å². The summed E-state index contributed by atoms with van der Waals surface area (Å²) in [6.07, 6.45) is 31.8. The highest BCUT2D eigenvalue weighted by molar-refractivity contribution is 5.35. The SMILES string of the molecule is C=CCC=C/C=C(\C)N(C(=C)/C=C\C(=C/C)C1/C=C/CC/C(C)=C/C1)C(C)=C=C/C=C\C.CC.CC. The minimum atomic E-state index is 0.400. The third-order valence-electron chi connectivity index (χ3n) is 5.36. The third-order valence-corrected chi connectivity index (χ3v) is 5.36. The van der Waals surface area contributed by atoms with Gasteiger partial charge in [-0.2, -0.15) is 0 Å². The molecule has 36 heavy (non-hydrogen) atoms. The number of rotatable bonds is 10. The first kappa shape index (κ1) is 35.1. The summed E-state index contributed by atoms with van der Waals surface area (Å²) < 4.78 is 0. The summed E-state index contributed by atoms with van der Waals surface area (Å²) in [5.74, 6) is 0.400. The largest absolute Gasteiger partial charge is 0.312 e. The smallest absolute Gasteiger partial charge is 0.0621 e. The van der Waals surface area contributed by atoms with E-state index in [0.29, 0.717) is 5.92 Å². The Labute approximate surface area is 224 Å². The van der Waals surface area contributed by atoms with Gasteiger partial charge in [-0.15, -0.1) is 6.58 Å². The van der Waals surface area contributed by atoms with Crippen molar-refractivity contribution in [2.24, 2.45) is 5.92 Å². The molecule has 0 aliphatic heterocycles. The molecule has 1 rings (SSSR count). The van der Waals surface area contributed by atoms with Crippen LogP contribution in [0.5, 0.6) is 0 Å². The highest BCUT2D eigenvalue weighted by atomic mass is 15.1. The fourth-order valence-electron chi connectivity index (χ4n) is 3.52. The van der Waals surface area contributed by atoms with Crippen LogP contribution >= 0.6 is 0 Å². The van der Waals surface area contributed by atoms with Crippen molar-refractivity contribution in [1.82, 2.24) is 4.90 Å². The molecule has 0 radical (unpaired) electrons. The van der Waals surface area contributed by atoms with Crippen LogP contribution in [0.3, 0.4) is 0 Å². The lowest BCUT2D eigenvalue weighted by atomic mass is 9.90. The predicted octanol–water partition coefficient (Wildman–Crippen LogP) is 11.3. The highest BCUT2D eigenvalue weighted by Crippen LogP contribution is 2.25. The molecule has 1 heteroatoms. The van der Waals surface area contributed by atoms with Gasteiger partial charge in [-0.05, 0) is 84.1 Å². The standard InChI is InChI=1S/C31H41N.2C2H6/c1-8-11-13-15-20-28(6)32(27(5)19-14-12-9-2)29(7)23-25-30(10-3)31-21-17-16-18-26(4)22-24-31;2*1-2/h8-10,12-15,17,20-23,25,31H,1,7,11,16,18,24H2,2-6H3;2*1-2H3/b12-9-,15-13?,21-17+,25-23-,26-22+,28-20+,30-10+;;. The molecule has 0 bridgehead atoms. The minimum absolute atomic E-state index is 0.400. The summed E-state index contributed by atoms with van der Waals surface area (Å²) in [6, 6.07) is 0. The van der Waals surface area contributed by atoms with E-state index in [4.69, 9.17) is 0 Å². The van der Waals surface area contributed by atoms with Crippen molar-refractivity contribution in [3.8, 4) is 0 Å². The van der Waals surface area contributed by atoms with Gasteiger partial charge >= 0.3 is 0 Å². The molecule has 0 heterocycles. The normalized spacial score (nSPS) is 18.5. The van der Waals surface area contributed by atoms with Crippen LogP contribution in [-0.4, -0.2) is 4.90 Å². The Bertz CT molecular complexity index is 902. The molecule has 0 saturated carbocycles. The summed E-state index contributed by atoms with van der Waals surface area (Å²) in [5, 5.41) is 0. The van der Waals surface area contributed by atoms with Crippen molar-refractivity contribution < 1.29 is 0 Å². The number of hydrogen-bond acceptors (Lipinski definition) is 1.